The zero-order valence-electron chi connectivity index (χ0n) is 19.3. The molecule has 9 nitrogen and oxygen atoms in total. The number of rotatable bonds is 7. The predicted octanol–water partition coefficient (Wildman–Crippen LogP) is 3.83. The Morgan fingerprint density at radius 2 is 1.51 bits per heavy atom. The van der Waals surface area contributed by atoms with E-state index in [1.165, 1.54) is 31.4 Å². The normalized spacial score (nSPS) is 12.3. The zero-order valence-corrected chi connectivity index (χ0v) is 19.3. The number of aliphatic hydroxyl groups excluding tert-OH is 1. The molecule has 1 amide bonds. The van der Waals surface area contributed by atoms with Crippen molar-refractivity contribution >= 4 is 17.7 Å². The number of alkyl carbamates (subject to hydrolysis) is 1. The van der Waals surface area contributed by atoms with Crippen molar-refractivity contribution in [3.63, 3.8) is 0 Å². The van der Waals surface area contributed by atoms with E-state index < -0.39 is 23.0 Å². The van der Waals surface area contributed by atoms with Crippen LogP contribution >= 0.6 is 0 Å². The molecule has 0 fully saturated rings. The maximum atomic E-state index is 12.6. The van der Waals surface area contributed by atoms with Crippen LogP contribution in [0.3, 0.4) is 0 Å². The second-order valence-electron chi connectivity index (χ2n) is 7.67. The molecule has 0 aliphatic heterocycles. The second kappa shape index (κ2) is 11.8. The predicted molar refractivity (Wildman–Crippen MR) is 129 cm³/mol. The van der Waals surface area contributed by atoms with Crippen LogP contribution in [0.25, 0.3) is 11.1 Å². The van der Waals surface area contributed by atoms with E-state index in [9.17, 15) is 19.7 Å². The van der Waals surface area contributed by atoms with Crippen LogP contribution in [0.2, 0.25) is 0 Å². The van der Waals surface area contributed by atoms with Gasteiger partial charge in [-0.1, -0.05) is 60.7 Å². The first-order valence-electron chi connectivity index (χ1n) is 10.9. The van der Waals surface area contributed by atoms with E-state index in [-0.39, 0.29) is 24.6 Å². The van der Waals surface area contributed by atoms with Crippen molar-refractivity contribution in [1.29, 1.82) is 0 Å². The number of hydrogen-bond donors (Lipinski definition) is 2. The van der Waals surface area contributed by atoms with Gasteiger partial charge >= 0.3 is 12.1 Å². The molecule has 35 heavy (non-hydrogen) atoms. The summed E-state index contributed by atoms with van der Waals surface area (Å²) in [4.78, 5) is 35.1. The number of nitro groups is 1. The highest BCUT2D eigenvalue weighted by molar-refractivity contribution is 5.82. The Balaban J connectivity index is 0.00000167. The van der Waals surface area contributed by atoms with Crippen LogP contribution in [0.5, 0.6) is 0 Å². The number of nitrogens with zero attached hydrogens (tertiary/aromatic N) is 1. The molecule has 1 aliphatic carbocycles. The maximum absolute atomic E-state index is 12.6. The van der Waals surface area contributed by atoms with Gasteiger partial charge in [-0.3, -0.25) is 10.1 Å². The number of methoxy groups -OCH3 is 1. The Kier molecular flexibility index (Phi) is 8.53. The standard InChI is InChI=1S/C25H22N2O6.CH4O/c1-32-24(28)23(14-16-10-12-17(13-11-16)27(30)31)26-25(29)33-15-22-20-8-4-2-6-18(20)19-7-3-5-9-21(19)22;1-2/h2-13,22-23H,14-15H2,1H3,(H,26,29);2H,1H3/t23-;/m0./s1. The van der Waals surface area contributed by atoms with Gasteiger partial charge in [0.05, 0.1) is 12.0 Å². The summed E-state index contributed by atoms with van der Waals surface area (Å²) >= 11 is 0. The number of aliphatic hydroxyl groups is 1. The van der Waals surface area contributed by atoms with Crippen LogP contribution in [0.4, 0.5) is 10.5 Å². The smallest absolute Gasteiger partial charge is 0.407 e. The summed E-state index contributed by atoms with van der Waals surface area (Å²) in [6.45, 7) is 0.116. The van der Waals surface area contributed by atoms with Gasteiger partial charge in [0.2, 0.25) is 0 Å². The third kappa shape index (κ3) is 5.82. The lowest BCUT2D eigenvalue weighted by Crippen LogP contribution is -2.43. The quantitative estimate of drug-likeness (QED) is 0.300. The van der Waals surface area contributed by atoms with Crippen molar-refractivity contribution < 1.29 is 29.1 Å². The molecule has 0 unspecified atom stereocenters. The van der Waals surface area contributed by atoms with Gasteiger partial charge < -0.3 is 19.9 Å². The average molecular weight is 479 g/mol. The second-order valence-corrected chi connectivity index (χ2v) is 7.67. The summed E-state index contributed by atoms with van der Waals surface area (Å²) in [5, 5.41) is 20.4. The fourth-order valence-electron chi connectivity index (χ4n) is 4.11. The Morgan fingerprint density at radius 3 is 2.03 bits per heavy atom. The Bertz CT molecular complexity index is 1150. The van der Waals surface area contributed by atoms with Crippen molar-refractivity contribution in [1.82, 2.24) is 5.32 Å². The molecule has 2 N–H and O–H groups in total. The highest BCUT2D eigenvalue weighted by Gasteiger charge is 2.30. The number of nitrogens with one attached hydrogen (secondary N) is 1. The summed E-state index contributed by atoms with van der Waals surface area (Å²) in [6.07, 6.45) is -0.635. The average Bonchev–Trinajstić information content (AvgIpc) is 3.21. The first-order valence-corrected chi connectivity index (χ1v) is 10.9. The SMILES string of the molecule is CO.COC(=O)[C@H](Cc1ccc([N+](=O)[O-])cc1)NC(=O)OCC1c2ccccc2-c2ccccc21. The lowest BCUT2D eigenvalue weighted by Gasteiger charge is -2.18. The van der Waals surface area contributed by atoms with E-state index >= 15 is 0 Å². The number of benzene rings is 3. The van der Waals surface area contributed by atoms with Gasteiger partial charge in [-0.15, -0.1) is 0 Å². The lowest BCUT2D eigenvalue weighted by atomic mass is 9.98. The van der Waals surface area contributed by atoms with E-state index in [1.54, 1.807) is 0 Å². The van der Waals surface area contributed by atoms with E-state index in [0.717, 1.165) is 29.4 Å². The molecule has 3 aromatic carbocycles. The van der Waals surface area contributed by atoms with Gasteiger partial charge in [0.1, 0.15) is 12.6 Å². The minimum Gasteiger partial charge on any atom is -0.467 e. The Hall–Kier alpha value is -4.24. The van der Waals surface area contributed by atoms with Crippen molar-refractivity contribution in [2.45, 2.75) is 18.4 Å². The molecule has 0 heterocycles. The number of amides is 1. The fraction of sp³-hybridized carbons (Fsp3) is 0.231. The molecule has 0 spiro atoms. The molecule has 9 heteroatoms. The first kappa shape index (κ1) is 25.4. The number of carbonyl (C=O) groups excluding carboxylic acids is 2. The van der Waals surface area contributed by atoms with Crippen LogP contribution < -0.4 is 5.32 Å². The molecular weight excluding hydrogens is 452 g/mol. The van der Waals surface area contributed by atoms with Crippen LogP contribution in [0.1, 0.15) is 22.6 Å². The molecule has 182 valence electrons. The number of nitro benzene ring substituents is 1. The van der Waals surface area contributed by atoms with E-state index in [1.807, 2.05) is 48.5 Å². The number of non-ortho nitro benzene ring substituents is 1. The maximum Gasteiger partial charge on any atom is 0.407 e. The van der Waals surface area contributed by atoms with Crippen molar-refractivity contribution in [2.75, 3.05) is 20.8 Å². The van der Waals surface area contributed by atoms with Crippen molar-refractivity contribution in [3.8, 4) is 11.1 Å². The minimum atomic E-state index is -0.993. The van der Waals surface area contributed by atoms with Gasteiger partial charge in [0, 0.05) is 31.6 Å². The lowest BCUT2D eigenvalue weighted by molar-refractivity contribution is -0.384. The highest BCUT2D eigenvalue weighted by atomic mass is 16.6. The van der Waals surface area contributed by atoms with Gasteiger partial charge in [-0.25, -0.2) is 9.59 Å². The minimum absolute atomic E-state index is 0.0575. The number of fused-ring (bicyclic) bond motifs is 3. The summed E-state index contributed by atoms with van der Waals surface area (Å²) in [6, 6.07) is 20.8. The molecule has 1 atom stereocenters. The third-order valence-corrected chi connectivity index (χ3v) is 5.71. The van der Waals surface area contributed by atoms with Crippen LogP contribution in [0, 0.1) is 10.1 Å². The molecule has 3 aromatic rings. The molecule has 0 saturated heterocycles. The molecule has 1 aliphatic rings. The summed E-state index contributed by atoms with van der Waals surface area (Å²) in [5.74, 6) is -0.740. The molecular formula is C26H26N2O7. The van der Waals surface area contributed by atoms with Gasteiger partial charge in [-0.05, 0) is 27.8 Å². The van der Waals surface area contributed by atoms with Gasteiger partial charge in [0.25, 0.3) is 5.69 Å². The Labute approximate surface area is 202 Å². The van der Waals surface area contributed by atoms with Crippen molar-refractivity contribution in [2.24, 2.45) is 0 Å². The molecule has 0 aromatic heterocycles. The van der Waals surface area contributed by atoms with Crippen molar-refractivity contribution in [3.05, 3.63) is 99.6 Å². The number of esters is 1. The topological polar surface area (TPSA) is 128 Å². The highest BCUT2D eigenvalue weighted by Crippen LogP contribution is 2.44. The van der Waals surface area contributed by atoms with Gasteiger partial charge in [0.15, 0.2) is 0 Å². The number of hydrogen-bond acceptors (Lipinski definition) is 7. The largest absolute Gasteiger partial charge is 0.467 e. The molecule has 0 saturated carbocycles. The number of ether oxygens (including phenoxy) is 2. The third-order valence-electron chi connectivity index (χ3n) is 5.71. The van der Waals surface area contributed by atoms with Crippen LogP contribution in [-0.2, 0) is 20.7 Å². The summed E-state index contributed by atoms with van der Waals surface area (Å²) in [5.41, 5.74) is 4.98. The van der Waals surface area contributed by atoms with E-state index in [4.69, 9.17) is 14.6 Å². The zero-order chi connectivity index (χ0) is 25.4. The van der Waals surface area contributed by atoms with Crippen LogP contribution in [-0.4, -0.2) is 49.0 Å². The molecule has 0 radical (unpaired) electrons. The molecule has 0 bridgehead atoms. The van der Waals surface area contributed by atoms with Gasteiger partial charge in [-0.2, -0.15) is 0 Å². The summed E-state index contributed by atoms with van der Waals surface area (Å²) in [7, 11) is 2.23. The van der Waals surface area contributed by atoms with Crippen LogP contribution in [0.15, 0.2) is 72.8 Å². The Morgan fingerprint density at radius 1 is 0.971 bits per heavy atom. The van der Waals surface area contributed by atoms with E-state index in [2.05, 4.69) is 5.32 Å². The summed E-state index contributed by atoms with van der Waals surface area (Å²) < 4.78 is 10.3. The van der Waals surface area contributed by atoms with E-state index in [0.29, 0.717) is 5.56 Å². The molecule has 4 rings (SSSR count). The number of carbonyl (C=O) groups is 2. The fourth-order valence-corrected chi connectivity index (χ4v) is 4.11. The monoisotopic (exact) mass is 478 g/mol. The first-order chi connectivity index (χ1) is 17.0.